The first-order valence-corrected chi connectivity index (χ1v) is 10.3. The summed E-state index contributed by atoms with van der Waals surface area (Å²) < 4.78 is 39.8. The lowest BCUT2D eigenvalue weighted by atomic mass is 10.2. The zero-order chi connectivity index (χ0) is 20.9. The van der Waals surface area contributed by atoms with Crippen LogP contribution >= 0.6 is 12.2 Å². The fraction of sp³-hybridized carbons (Fsp3) is 0. The second-order valence-corrected chi connectivity index (χ2v) is 8.00. The number of hydrogen-bond donors (Lipinski definition) is 3. The zero-order valence-corrected chi connectivity index (χ0v) is 16.6. The second-order valence-electron chi connectivity index (χ2n) is 5.91. The molecule has 3 rings (SSSR count). The van der Waals surface area contributed by atoms with Crippen molar-refractivity contribution in [2.24, 2.45) is 0 Å². The highest BCUT2D eigenvalue weighted by molar-refractivity contribution is 7.90. The predicted octanol–water partition coefficient (Wildman–Crippen LogP) is 3.75. The number of rotatable bonds is 5. The minimum atomic E-state index is -4.02. The molecule has 0 aliphatic heterocycles. The Morgan fingerprint density at radius 2 is 1.31 bits per heavy atom. The van der Waals surface area contributed by atoms with Gasteiger partial charge in [-0.2, -0.15) is 0 Å². The summed E-state index contributed by atoms with van der Waals surface area (Å²) in [5.74, 6) is -1.07. The van der Waals surface area contributed by atoms with Crippen molar-refractivity contribution in [1.29, 1.82) is 0 Å². The van der Waals surface area contributed by atoms with Gasteiger partial charge in [-0.05, 0) is 72.9 Å². The van der Waals surface area contributed by atoms with E-state index in [0.29, 0.717) is 11.4 Å². The van der Waals surface area contributed by atoms with Crippen LogP contribution in [0.3, 0.4) is 0 Å². The Hall–Kier alpha value is -3.30. The van der Waals surface area contributed by atoms with Crippen LogP contribution in [0.1, 0.15) is 10.4 Å². The third kappa shape index (κ3) is 5.59. The van der Waals surface area contributed by atoms with Crippen molar-refractivity contribution in [3.8, 4) is 0 Å². The molecule has 3 N–H and O–H groups in total. The number of thiocarbonyl (C=S) groups is 1. The molecule has 29 heavy (non-hydrogen) atoms. The lowest BCUT2D eigenvalue weighted by molar-refractivity contribution is 0.0981. The molecule has 1 amide bonds. The van der Waals surface area contributed by atoms with Crippen LogP contribution in [0.5, 0.6) is 0 Å². The minimum Gasteiger partial charge on any atom is -0.332 e. The third-order valence-electron chi connectivity index (χ3n) is 3.79. The number of halogens is 1. The molecule has 0 saturated carbocycles. The van der Waals surface area contributed by atoms with Crippen molar-refractivity contribution >= 4 is 44.6 Å². The molecule has 0 heterocycles. The lowest BCUT2D eigenvalue weighted by Gasteiger charge is -2.11. The largest absolute Gasteiger partial charge is 0.332 e. The van der Waals surface area contributed by atoms with Crippen LogP contribution in [0.2, 0.25) is 0 Å². The monoisotopic (exact) mass is 429 g/mol. The molecule has 6 nitrogen and oxygen atoms in total. The summed E-state index contributed by atoms with van der Waals surface area (Å²) in [6, 6.07) is 19.5. The van der Waals surface area contributed by atoms with E-state index in [4.69, 9.17) is 12.2 Å². The highest BCUT2D eigenvalue weighted by Crippen LogP contribution is 2.15. The first-order valence-electron chi connectivity index (χ1n) is 8.39. The molecule has 0 aliphatic carbocycles. The van der Waals surface area contributed by atoms with Gasteiger partial charge < -0.3 is 10.6 Å². The van der Waals surface area contributed by atoms with Crippen LogP contribution in [-0.4, -0.2) is 19.4 Å². The van der Waals surface area contributed by atoms with Crippen molar-refractivity contribution in [2.75, 3.05) is 10.6 Å². The number of carbonyl (C=O) groups excluding carboxylic acids is 1. The van der Waals surface area contributed by atoms with Crippen molar-refractivity contribution in [3.63, 3.8) is 0 Å². The van der Waals surface area contributed by atoms with E-state index in [-0.39, 0.29) is 21.4 Å². The van der Waals surface area contributed by atoms with Gasteiger partial charge in [0.05, 0.1) is 4.90 Å². The first-order chi connectivity index (χ1) is 13.8. The van der Waals surface area contributed by atoms with Gasteiger partial charge in [-0.25, -0.2) is 17.5 Å². The fourth-order valence-corrected chi connectivity index (χ4v) is 3.58. The van der Waals surface area contributed by atoms with Crippen LogP contribution in [0, 0.1) is 5.82 Å². The number of anilines is 2. The summed E-state index contributed by atoms with van der Waals surface area (Å²) in [5.41, 5.74) is 1.39. The Balaban J connectivity index is 1.63. The maximum absolute atomic E-state index is 12.9. The number of hydrogen-bond acceptors (Lipinski definition) is 4. The van der Waals surface area contributed by atoms with E-state index < -0.39 is 15.9 Å². The molecule has 0 saturated heterocycles. The molecular formula is C20H16FN3O3S2. The lowest BCUT2D eigenvalue weighted by Crippen LogP contribution is -2.30. The Labute approximate surface area is 172 Å². The van der Waals surface area contributed by atoms with Crippen LogP contribution in [0.4, 0.5) is 15.8 Å². The number of carbonyl (C=O) groups is 1. The van der Waals surface area contributed by atoms with E-state index in [2.05, 4.69) is 10.6 Å². The average molecular weight is 429 g/mol. The maximum atomic E-state index is 12.9. The van der Waals surface area contributed by atoms with Crippen LogP contribution in [0.25, 0.3) is 0 Å². The van der Waals surface area contributed by atoms with E-state index in [1.54, 1.807) is 18.2 Å². The molecule has 0 unspecified atom stereocenters. The van der Waals surface area contributed by atoms with Gasteiger partial charge in [-0.1, -0.05) is 18.2 Å². The number of benzene rings is 3. The van der Waals surface area contributed by atoms with Gasteiger partial charge in [-0.3, -0.25) is 4.79 Å². The fourth-order valence-electron chi connectivity index (χ4n) is 2.37. The Morgan fingerprint density at radius 3 is 1.86 bits per heavy atom. The standard InChI is InChI=1S/C20H16FN3O3S2/c21-15-6-8-16(9-7-15)22-20(28)23-17-10-12-18(13-11-17)29(26,27)24-19(25)14-4-2-1-3-5-14/h1-13H,(H,24,25)(H2,22,23,28). The summed E-state index contributed by atoms with van der Waals surface area (Å²) in [6.45, 7) is 0. The Morgan fingerprint density at radius 1 is 0.793 bits per heavy atom. The van der Waals surface area contributed by atoms with Crippen molar-refractivity contribution in [1.82, 2.24) is 4.72 Å². The summed E-state index contributed by atoms with van der Waals surface area (Å²) in [5, 5.41) is 6.03. The molecule has 0 spiro atoms. The van der Waals surface area contributed by atoms with Crippen LogP contribution in [-0.2, 0) is 10.0 Å². The van der Waals surface area contributed by atoms with Gasteiger partial charge in [0.1, 0.15) is 5.82 Å². The van der Waals surface area contributed by atoms with Crippen molar-refractivity contribution < 1.29 is 17.6 Å². The van der Waals surface area contributed by atoms with Crippen LogP contribution in [0.15, 0.2) is 83.8 Å². The zero-order valence-electron chi connectivity index (χ0n) is 14.9. The Kier molecular flexibility index (Phi) is 6.20. The number of sulfonamides is 1. The van der Waals surface area contributed by atoms with Gasteiger partial charge >= 0.3 is 0 Å². The number of nitrogens with one attached hydrogen (secondary N) is 3. The van der Waals surface area contributed by atoms with Crippen molar-refractivity contribution in [2.45, 2.75) is 4.90 Å². The molecular weight excluding hydrogens is 413 g/mol. The van der Waals surface area contributed by atoms with E-state index in [0.717, 1.165) is 0 Å². The van der Waals surface area contributed by atoms with E-state index in [1.807, 2.05) is 4.72 Å². The highest BCUT2D eigenvalue weighted by atomic mass is 32.2. The van der Waals surface area contributed by atoms with Gasteiger partial charge in [0.25, 0.3) is 15.9 Å². The van der Waals surface area contributed by atoms with Gasteiger partial charge in [0, 0.05) is 16.9 Å². The molecule has 0 aliphatic rings. The SMILES string of the molecule is O=C(NS(=O)(=O)c1ccc(NC(=S)Nc2ccc(F)cc2)cc1)c1ccccc1. The molecule has 3 aromatic carbocycles. The molecule has 0 aromatic heterocycles. The molecule has 0 radical (unpaired) electrons. The molecule has 0 atom stereocenters. The van der Waals surface area contributed by atoms with Gasteiger partial charge in [0.15, 0.2) is 5.11 Å². The highest BCUT2D eigenvalue weighted by Gasteiger charge is 2.18. The molecule has 0 bridgehead atoms. The van der Waals surface area contributed by atoms with Gasteiger partial charge in [-0.15, -0.1) is 0 Å². The molecule has 9 heteroatoms. The number of amides is 1. The summed E-state index contributed by atoms with van der Waals surface area (Å²) >= 11 is 5.18. The van der Waals surface area contributed by atoms with E-state index in [1.165, 1.54) is 60.7 Å². The van der Waals surface area contributed by atoms with Crippen molar-refractivity contribution in [3.05, 3.63) is 90.2 Å². The molecule has 0 fully saturated rings. The topological polar surface area (TPSA) is 87.3 Å². The van der Waals surface area contributed by atoms with Crippen LogP contribution < -0.4 is 15.4 Å². The summed E-state index contributed by atoms with van der Waals surface area (Å²) in [6.07, 6.45) is 0. The average Bonchev–Trinajstić information content (AvgIpc) is 2.70. The third-order valence-corrected chi connectivity index (χ3v) is 5.34. The molecule has 3 aromatic rings. The quantitative estimate of drug-likeness (QED) is 0.536. The predicted molar refractivity (Wildman–Crippen MR) is 114 cm³/mol. The second kappa shape index (κ2) is 8.80. The van der Waals surface area contributed by atoms with E-state index >= 15 is 0 Å². The smallest absolute Gasteiger partial charge is 0.264 e. The molecule has 148 valence electrons. The first kappa shape index (κ1) is 20.4. The summed E-state index contributed by atoms with van der Waals surface area (Å²) in [4.78, 5) is 12.0. The maximum Gasteiger partial charge on any atom is 0.264 e. The normalized spacial score (nSPS) is 10.8. The van der Waals surface area contributed by atoms with E-state index in [9.17, 15) is 17.6 Å². The Bertz CT molecular complexity index is 1120. The summed E-state index contributed by atoms with van der Waals surface area (Å²) in [7, 11) is -4.02. The minimum absolute atomic E-state index is 0.0651. The van der Waals surface area contributed by atoms with Gasteiger partial charge in [0.2, 0.25) is 0 Å².